The molecular formula is C11H10ClN3O2. The number of carbonyl (C=O) groups is 1. The molecule has 0 atom stereocenters. The second-order valence-corrected chi connectivity index (χ2v) is 3.93. The Morgan fingerprint density at radius 1 is 1.47 bits per heavy atom. The molecule has 0 unspecified atom stereocenters. The summed E-state index contributed by atoms with van der Waals surface area (Å²) in [5.74, 6) is -1.09. The number of halogens is 1. The SMILES string of the molecule is Nc1nn(Cc2ccccc2Cl)cc1C(=O)O. The monoisotopic (exact) mass is 251 g/mol. The molecule has 1 aromatic heterocycles. The van der Waals surface area contributed by atoms with Crippen LogP contribution in [-0.2, 0) is 6.54 Å². The highest BCUT2D eigenvalue weighted by Gasteiger charge is 2.13. The molecule has 0 radical (unpaired) electrons. The standard InChI is InChI=1S/C11H10ClN3O2/c12-9-4-2-1-3-7(9)5-15-6-8(11(16)17)10(13)14-15/h1-4,6H,5H2,(H2,13,14)(H,16,17). The van der Waals surface area contributed by atoms with Gasteiger partial charge >= 0.3 is 5.97 Å². The van der Waals surface area contributed by atoms with Crippen molar-refractivity contribution in [1.29, 1.82) is 0 Å². The van der Waals surface area contributed by atoms with E-state index in [-0.39, 0.29) is 11.4 Å². The summed E-state index contributed by atoms with van der Waals surface area (Å²) in [5, 5.41) is 13.4. The summed E-state index contributed by atoms with van der Waals surface area (Å²) in [6, 6.07) is 7.29. The predicted octanol–water partition coefficient (Wildman–Crippen LogP) is 1.87. The number of hydrogen-bond acceptors (Lipinski definition) is 3. The van der Waals surface area contributed by atoms with Gasteiger partial charge in [0.05, 0.1) is 6.54 Å². The Morgan fingerprint density at radius 3 is 2.76 bits per heavy atom. The molecule has 0 fully saturated rings. The van der Waals surface area contributed by atoms with Crippen molar-refractivity contribution in [2.24, 2.45) is 0 Å². The summed E-state index contributed by atoms with van der Waals surface area (Å²) in [5.41, 5.74) is 6.34. The van der Waals surface area contributed by atoms with Gasteiger partial charge in [0.1, 0.15) is 5.56 Å². The number of nitrogens with two attached hydrogens (primary N) is 1. The van der Waals surface area contributed by atoms with E-state index in [1.807, 2.05) is 18.2 Å². The maximum Gasteiger partial charge on any atom is 0.341 e. The van der Waals surface area contributed by atoms with Crippen LogP contribution in [0.3, 0.4) is 0 Å². The van der Waals surface area contributed by atoms with E-state index >= 15 is 0 Å². The lowest BCUT2D eigenvalue weighted by Gasteiger charge is -2.03. The lowest BCUT2D eigenvalue weighted by Crippen LogP contribution is -2.01. The molecule has 1 aromatic carbocycles. The van der Waals surface area contributed by atoms with Gasteiger partial charge in [0.2, 0.25) is 0 Å². The van der Waals surface area contributed by atoms with Gasteiger partial charge in [-0.1, -0.05) is 29.8 Å². The minimum atomic E-state index is -1.09. The van der Waals surface area contributed by atoms with Gasteiger partial charge in [-0.2, -0.15) is 5.10 Å². The van der Waals surface area contributed by atoms with Crippen LogP contribution < -0.4 is 5.73 Å². The van der Waals surface area contributed by atoms with Gasteiger partial charge in [-0.25, -0.2) is 4.79 Å². The number of hydrogen-bond donors (Lipinski definition) is 2. The highest BCUT2D eigenvalue weighted by atomic mass is 35.5. The molecule has 5 nitrogen and oxygen atoms in total. The van der Waals surface area contributed by atoms with Crippen LogP contribution in [0.25, 0.3) is 0 Å². The Bertz CT molecular complexity index is 566. The number of aromatic nitrogens is 2. The Balaban J connectivity index is 2.28. The van der Waals surface area contributed by atoms with E-state index in [0.29, 0.717) is 11.6 Å². The van der Waals surface area contributed by atoms with Gasteiger partial charge < -0.3 is 10.8 Å². The molecule has 0 saturated carbocycles. The van der Waals surface area contributed by atoms with Gasteiger partial charge in [0, 0.05) is 11.2 Å². The first kappa shape index (κ1) is 11.5. The molecule has 0 aliphatic heterocycles. The van der Waals surface area contributed by atoms with E-state index in [1.54, 1.807) is 6.07 Å². The van der Waals surface area contributed by atoms with E-state index in [2.05, 4.69) is 5.10 Å². The number of anilines is 1. The summed E-state index contributed by atoms with van der Waals surface area (Å²) in [6.45, 7) is 0.386. The fraction of sp³-hybridized carbons (Fsp3) is 0.0909. The van der Waals surface area contributed by atoms with Crippen LogP contribution in [0.4, 0.5) is 5.82 Å². The molecule has 0 amide bonds. The molecule has 6 heteroatoms. The second kappa shape index (κ2) is 4.47. The van der Waals surface area contributed by atoms with Crippen molar-refractivity contribution in [1.82, 2.24) is 9.78 Å². The number of aromatic carboxylic acids is 1. The molecule has 0 spiro atoms. The molecule has 2 rings (SSSR count). The summed E-state index contributed by atoms with van der Waals surface area (Å²) in [7, 11) is 0. The maximum atomic E-state index is 10.8. The van der Waals surface area contributed by atoms with E-state index in [9.17, 15) is 4.79 Å². The summed E-state index contributed by atoms with van der Waals surface area (Å²) >= 11 is 5.99. The zero-order chi connectivity index (χ0) is 12.4. The highest BCUT2D eigenvalue weighted by Crippen LogP contribution is 2.17. The van der Waals surface area contributed by atoms with Crippen molar-refractivity contribution in [3.63, 3.8) is 0 Å². The van der Waals surface area contributed by atoms with Crippen LogP contribution in [0.15, 0.2) is 30.5 Å². The lowest BCUT2D eigenvalue weighted by atomic mass is 10.2. The molecule has 88 valence electrons. The average molecular weight is 252 g/mol. The zero-order valence-corrected chi connectivity index (χ0v) is 9.55. The fourth-order valence-corrected chi connectivity index (χ4v) is 1.68. The quantitative estimate of drug-likeness (QED) is 0.873. The summed E-state index contributed by atoms with van der Waals surface area (Å²) in [4.78, 5) is 10.8. The molecule has 0 bridgehead atoms. The molecule has 1 heterocycles. The average Bonchev–Trinajstić information content (AvgIpc) is 2.63. The predicted molar refractivity (Wildman–Crippen MR) is 64.2 cm³/mol. The Kier molecular flexibility index (Phi) is 3.01. The second-order valence-electron chi connectivity index (χ2n) is 3.52. The molecule has 2 aromatic rings. The molecule has 0 saturated heterocycles. The van der Waals surface area contributed by atoms with Crippen LogP contribution in [0.1, 0.15) is 15.9 Å². The topological polar surface area (TPSA) is 81.1 Å². The Hall–Kier alpha value is -2.01. The normalized spacial score (nSPS) is 10.4. The molecular weight excluding hydrogens is 242 g/mol. The van der Waals surface area contributed by atoms with Crippen LogP contribution in [0.5, 0.6) is 0 Å². The smallest absolute Gasteiger partial charge is 0.341 e. The number of carboxylic acid groups (broad SMARTS) is 1. The van der Waals surface area contributed by atoms with Crippen molar-refractivity contribution in [2.45, 2.75) is 6.54 Å². The van der Waals surface area contributed by atoms with Gasteiger partial charge in [-0.05, 0) is 11.6 Å². The van der Waals surface area contributed by atoms with Crippen molar-refractivity contribution < 1.29 is 9.90 Å². The highest BCUT2D eigenvalue weighted by molar-refractivity contribution is 6.31. The third kappa shape index (κ3) is 2.39. The molecule has 0 aliphatic carbocycles. The number of rotatable bonds is 3. The first-order valence-corrected chi connectivity index (χ1v) is 5.25. The third-order valence-corrected chi connectivity index (χ3v) is 2.68. The molecule has 17 heavy (non-hydrogen) atoms. The van der Waals surface area contributed by atoms with Gasteiger partial charge in [-0.15, -0.1) is 0 Å². The number of nitrogen functional groups attached to an aromatic ring is 1. The van der Waals surface area contributed by atoms with Gasteiger partial charge in [0.25, 0.3) is 0 Å². The van der Waals surface area contributed by atoms with E-state index in [1.165, 1.54) is 10.9 Å². The number of benzene rings is 1. The number of nitrogens with zero attached hydrogens (tertiary/aromatic N) is 2. The zero-order valence-electron chi connectivity index (χ0n) is 8.80. The number of carboxylic acids is 1. The Morgan fingerprint density at radius 2 is 2.18 bits per heavy atom. The third-order valence-electron chi connectivity index (χ3n) is 2.31. The minimum Gasteiger partial charge on any atom is -0.477 e. The van der Waals surface area contributed by atoms with Crippen molar-refractivity contribution in [3.05, 3.63) is 46.6 Å². The van der Waals surface area contributed by atoms with Crippen LogP contribution >= 0.6 is 11.6 Å². The van der Waals surface area contributed by atoms with Gasteiger partial charge in [0.15, 0.2) is 5.82 Å². The van der Waals surface area contributed by atoms with Crippen molar-refractivity contribution in [2.75, 3.05) is 5.73 Å². The first-order chi connectivity index (χ1) is 8.08. The van der Waals surface area contributed by atoms with Crippen molar-refractivity contribution in [3.8, 4) is 0 Å². The minimum absolute atomic E-state index is 0.00273. The molecule has 0 aliphatic rings. The van der Waals surface area contributed by atoms with Gasteiger partial charge in [-0.3, -0.25) is 4.68 Å². The Labute approximate surface area is 102 Å². The van der Waals surface area contributed by atoms with Crippen LogP contribution in [-0.4, -0.2) is 20.9 Å². The van der Waals surface area contributed by atoms with Crippen LogP contribution in [0, 0.1) is 0 Å². The largest absolute Gasteiger partial charge is 0.477 e. The first-order valence-electron chi connectivity index (χ1n) is 4.87. The summed E-state index contributed by atoms with van der Waals surface area (Å²) < 4.78 is 1.46. The van der Waals surface area contributed by atoms with Crippen LogP contribution in [0.2, 0.25) is 5.02 Å². The lowest BCUT2D eigenvalue weighted by molar-refractivity contribution is 0.0698. The van der Waals surface area contributed by atoms with E-state index in [4.69, 9.17) is 22.4 Å². The fourth-order valence-electron chi connectivity index (χ4n) is 1.48. The van der Waals surface area contributed by atoms with E-state index < -0.39 is 5.97 Å². The molecule has 3 N–H and O–H groups in total. The van der Waals surface area contributed by atoms with Crippen molar-refractivity contribution >= 4 is 23.4 Å². The maximum absolute atomic E-state index is 10.8. The summed E-state index contributed by atoms with van der Waals surface area (Å²) in [6.07, 6.45) is 1.39. The van der Waals surface area contributed by atoms with E-state index in [0.717, 1.165) is 5.56 Å².